The largest absolute Gasteiger partial charge is 0.465 e. The molecule has 0 atom stereocenters. The fourth-order valence-corrected chi connectivity index (χ4v) is 3.66. The number of ether oxygens (including phenoxy) is 1. The standard InChI is InChI=1S/C24H31N3O3/c1-24(2,3)26-16-14-25(15-17-26)23(29)27(21-8-6-5-7-9-21)18-19-10-12-20(13-11-19)22(28)30-4/h5-13H,14-18H2,1-4H3. The van der Waals surface area contributed by atoms with Crippen LogP contribution < -0.4 is 4.90 Å². The quantitative estimate of drug-likeness (QED) is 0.716. The van der Waals surface area contributed by atoms with Gasteiger partial charge in [0.2, 0.25) is 0 Å². The maximum atomic E-state index is 13.4. The number of para-hydroxylation sites is 1. The van der Waals surface area contributed by atoms with E-state index in [2.05, 4.69) is 25.7 Å². The van der Waals surface area contributed by atoms with Crippen molar-refractivity contribution in [1.82, 2.24) is 9.80 Å². The molecule has 160 valence electrons. The number of hydrogen-bond donors (Lipinski definition) is 0. The number of carbonyl (C=O) groups excluding carboxylic acids is 2. The van der Waals surface area contributed by atoms with Crippen LogP contribution in [0.3, 0.4) is 0 Å². The van der Waals surface area contributed by atoms with Gasteiger partial charge in [-0.1, -0.05) is 30.3 Å². The van der Waals surface area contributed by atoms with Gasteiger partial charge in [0.15, 0.2) is 0 Å². The van der Waals surface area contributed by atoms with E-state index < -0.39 is 0 Å². The van der Waals surface area contributed by atoms with Crippen LogP contribution in [0.15, 0.2) is 54.6 Å². The van der Waals surface area contributed by atoms with Crippen LogP contribution in [0.25, 0.3) is 0 Å². The molecule has 1 heterocycles. The van der Waals surface area contributed by atoms with Crippen LogP contribution in [0.5, 0.6) is 0 Å². The summed E-state index contributed by atoms with van der Waals surface area (Å²) in [7, 11) is 1.37. The molecule has 0 spiro atoms. The van der Waals surface area contributed by atoms with E-state index in [9.17, 15) is 9.59 Å². The second kappa shape index (κ2) is 9.30. The smallest absolute Gasteiger partial charge is 0.337 e. The number of hydrogen-bond acceptors (Lipinski definition) is 4. The Morgan fingerprint density at radius 3 is 2.07 bits per heavy atom. The van der Waals surface area contributed by atoms with Crippen LogP contribution in [0.1, 0.15) is 36.7 Å². The van der Waals surface area contributed by atoms with Crippen LogP contribution in [0, 0.1) is 0 Å². The van der Waals surface area contributed by atoms with Crippen molar-refractivity contribution >= 4 is 17.7 Å². The zero-order valence-corrected chi connectivity index (χ0v) is 18.3. The number of amides is 2. The van der Waals surface area contributed by atoms with Gasteiger partial charge in [-0.2, -0.15) is 0 Å². The molecule has 6 nitrogen and oxygen atoms in total. The third-order valence-corrected chi connectivity index (χ3v) is 5.51. The second-order valence-electron chi connectivity index (χ2n) is 8.54. The van der Waals surface area contributed by atoms with Gasteiger partial charge in [0, 0.05) is 37.4 Å². The van der Waals surface area contributed by atoms with Crippen LogP contribution in [0.4, 0.5) is 10.5 Å². The fourth-order valence-electron chi connectivity index (χ4n) is 3.66. The van der Waals surface area contributed by atoms with E-state index in [-0.39, 0.29) is 17.5 Å². The average Bonchev–Trinajstić information content (AvgIpc) is 2.77. The van der Waals surface area contributed by atoms with E-state index in [1.807, 2.05) is 47.4 Å². The predicted molar refractivity (Wildman–Crippen MR) is 119 cm³/mol. The summed E-state index contributed by atoms with van der Waals surface area (Å²) < 4.78 is 4.76. The van der Waals surface area contributed by atoms with E-state index in [0.29, 0.717) is 25.2 Å². The Bertz CT molecular complexity index is 852. The van der Waals surface area contributed by atoms with Gasteiger partial charge in [0.1, 0.15) is 0 Å². The number of nitrogens with zero attached hydrogens (tertiary/aromatic N) is 3. The van der Waals surface area contributed by atoms with Gasteiger partial charge in [-0.3, -0.25) is 9.80 Å². The SMILES string of the molecule is COC(=O)c1ccc(CN(C(=O)N2CCN(C(C)(C)C)CC2)c2ccccc2)cc1. The first-order valence-corrected chi connectivity index (χ1v) is 10.3. The Balaban J connectivity index is 1.77. The third kappa shape index (κ3) is 5.19. The molecular formula is C24H31N3O3. The van der Waals surface area contributed by atoms with Crippen molar-refractivity contribution in [1.29, 1.82) is 0 Å². The van der Waals surface area contributed by atoms with Crippen molar-refractivity contribution in [3.8, 4) is 0 Å². The van der Waals surface area contributed by atoms with Crippen molar-refractivity contribution in [2.24, 2.45) is 0 Å². The third-order valence-electron chi connectivity index (χ3n) is 5.51. The number of piperazine rings is 1. The topological polar surface area (TPSA) is 53.1 Å². The Kier molecular flexibility index (Phi) is 6.77. The summed E-state index contributed by atoms with van der Waals surface area (Å²) in [6.07, 6.45) is 0. The highest BCUT2D eigenvalue weighted by molar-refractivity contribution is 5.92. The lowest BCUT2D eigenvalue weighted by Gasteiger charge is -2.43. The van der Waals surface area contributed by atoms with E-state index in [1.54, 1.807) is 17.0 Å². The lowest BCUT2D eigenvalue weighted by molar-refractivity contribution is 0.0600. The van der Waals surface area contributed by atoms with Crippen LogP contribution in [-0.2, 0) is 11.3 Å². The molecule has 0 unspecified atom stereocenters. The van der Waals surface area contributed by atoms with Gasteiger partial charge in [-0.15, -0.1) is 0 Å². The minimum absolute atomic E-state index is 0.00630. The molecule has 1 saturated heterocycles. The fraction of sp³-hybridized carbons (Fsp3) is 0.417. The maximum absolute atomic E-state index is 13.4. The molecule has 2 aromatic carbocycles. The number of esters is 1. The van der Waals surface area contributed by atoms with Crippen molar-refractivity contribution in [2.45, 2.75) is 32.9 Å². The van der Waals surface area contributed by atoms with Crippen molar-refractivity contribution in [3.63, 3.8) is 0 Å². The first-order valence-electron chi connectivity index (χ1n) is 10.3. The van der Waals surface area contributed by atoms with Crippen molar-refractivity contribution < 1.29 is 14.3 Å². The van der Waals surface area contributed by atoms with Gasteiger partial charge >= 0.3 is 12.0 Å². The second-order valence-corrected chi connectivity index (χ2v) is 8.54. The zero-order valence-electron chi connectivity index (χ0n) is 18.3. The first-order chi connectivity index (χ1) is 14.3. The zero-order chi connectivity index (χ0) is 21.7. The van der Waals surface area contributed by atoms with Gasteiger partial charge in [0.25, 0.3) is 0 Å². The molecule has 0 radical (unpaired) electrons. The highest BCUT2D eigenvalue weighted by Crippen LogP contribution is 2.22. The van der Waals surface area contributed by atoms with Crippen LogP contribution in [0.2, 0.25) is 0 Å². The number of anilines is 1. The number of carbonyl (C=O) groups is 2. The molecule has 6 heteroatoms. The Hall–Kier alpha value is -2.86. The molecule has 2 aromatic rings. The minimum atomic E-state index is -0.366. The highest BCUT2D eigenvalue weighted by Gasteiger charge is 2.30. The average molecular weight is 410 g/mol. The molecule has 3 rings (SSSR count). The Morgan fingerprint density at radius 2 is 1.53 bits per heavy atom. The lowest BCUT2D eigenvalue weighted by atomic mass is 10.1. The summed E-state index contributed by atoms with van der Waals surface area (Å²) in [5.41, 5.74) is 2.42. The summed E-state index contributed by atoms with van der Waals surface area (Å²) in [6, 6.07) is 16.9. The molecular weight excluding hydrogens is 378 g/mol. The van der Waals surface area contributed by atoms with Gasteiger partial charge < -0.3 is 9.64 Å². The van der Waals surface area contributed by atoms with Gasteiger partial charge in [-0.25, -0.2) is 9.59 Å². The number of rotatable bonds is 4. The first kappa shape index (κ1) is 21.8. The Morgan fingerprint density at radius 1 is 0.933 bits per heavy atom. The summed E-state index contributed by atoms with van der Waals surface area (Å²) in [6.45, 7) is 10.2. The van der Waals surface area contributed by atoms with Crippen molar-refractivity contribution in [3.05, 3.63) is 65.7 Å². The molecule has 0 aliphatic carbocycles. The lowest BCUT2D eigenvalue weighted by Crippen LogP contribution is -2.57. The van der Waals surface area contributed by atoms with E-state index in [0.717, 1.165) is 24.3 Å². The number of urea groups is 1. The molecule has 30 heavy (non-hydrogen) atoms. The summed E-state index contributed by atoms with van der Waals surface area (Å²) in [4.78, 5) is 31.3. The number of benzene rings is 2. The van der Waals surface area contributed by atoms with E-state index >= 15 is 0 Å². The van der Waals surface area contributed by atoms with Gasteiger partial charge in [0.05, 0.1) is 19.2 Å². The molecule has 0 N–H and O–H groups in total. The van der Waals surface area contributed by atoms with Crippen LogP contribution >= 0.6 is 0 Å². The van der Waals surface area contributed by atoms with E-state index in [4.69, 9.17) is 4.74 Å². The molecule has 1 aliphatic heterocycles. The monoisotopic (exact) mass is 409 g/mol. The van der Waals surface area contributed by atoms with Crippen LogP contribution in [-0.4, -0.2) is 60.6 Å². The van der Waals surface area contributed by atoms with E-state index in [1.165, 1.54) is 7.11 Å². The van der Waals surface area contributed by atoms with Gasteiger partial charge in [-0.05, 0) is 50.6 Å². The predicted octanol–water partition coefficient (Wildman–Crippen LogP) is 4.02. The highest BCUT2D eigenvalue weighted by atomic mass is 16.5. The molecule has 0 aromatic heterocycles. The molecule has 2 amide bonds. The molecule has 1 fully saturated rings. The summed E-state index contributed by atoms with van der Waals surface area (Å²) in [5, 5.41) is 0. The summed E-state index contributed by atoms with van der Waals surface area (Å²) in [5.74, 6) is -0.366. The summed E-state index contributed by atoms with van der Waals surface area (Å²) >= 11 is 0. The normalized spacial score (nSPS) is 15.0. The Labute approximate surface area is 179 Å². The molecule has 1 aliphatic rings. The number of methoxy groups -OCH3 is 1. The molecule has 0 bridgehead atoms. The maximum Gasteiger partial charge on any atom is 0.337 e. The van der Waals surface area contributed by atoms with Crippen molar-refractivity contribution in [2.75, 3.05) is 38.2 Å². The molecule has 0 saturated carbocycles. The minimum Gasteiger partial charge on any atom is -0.465 e.